The van der Waals surface area contributed by atoms with Gasteiger partial charge in [-0.05, 0) is 41.0 Å². The summed E-state index contributed by atoms with van der Waals surface area (Å²) in [5, 5.41) is 13.0. The molecule has 1 saturated heterocycles. The highest BCUT2D eigenvalue weighted by Gasteiger charge is 2.41. The number of aromatic amines is 1. The van der Waals surface area contributed by atoms with E-state index in [1.807, 2.05) is 42.5 Å². The molecule has 0 bridgehead atoms. The zero-order valence-electron chi connectivity index (χ0n) is 20.1. The standard InChI is InChI=1S/C27H29F2N5O2/c1-27(10-5-11-27)21-9-8-18(12-22(21)29)25(17-6-3-2-4-7-17)31-26(36)23-13-19(28)16-34(23)24(35)14-20-15-30-33-32-20/h2-4,6-9,12,15,19,23,25H,5,10-11,13-14,16H2,1H3,(H,31,36)(H,30,32,33)/t19-,23+,25+/m1/s1. The number of amides is 2. The Morgan fingerprint density at radius 1 is 1.19 bits per heavy atom. The highest BCUT2D eigenvalue weighted by atomic mass is 19.1. The van der Waals surface area contributed by atoms with E-state index in [1.165, 1.54) is 17.2 Å². The first-order valence-corrected chi connectivity index (χ1v) is 12.3. The van der Waals surface area contributed by atoms with Gasteiger partial charge in [0.05, 0.1) is 30.9 Å². The summed E-state index contributed by atoms with van der Waals surface area (Å²) in [5.74, 6) is -1.17. The fourth-order valence-electron chi connectivity index (χ4n) is 5.30. The Bertz CT molecular complexity index is 1230. The average Bonchev–Trinajstić information content (AvgIpc) is 3.51. The molecule has 3 aromatic rings. The van der Waals surface area contributed by atoms with E-state index >= 15 is 4.39 Å². The number of benzene rings is 2. The maximum atomic E-state index is 15.3. The first-order chi connectivity index (χ1) is 17.3. The number of aromatic nitrogens is 3. The fraction of sp³-hybridized carbons (Fsp3) is 0.407. The van der Waals surface area contributed by atoms with Gasteiger partial charge in [0.15, 0.2) is 0 Å². The number of likely N-dealkylation sites (tertiary alicyclic amines) is 1. The van der Waals surface area contributed by atoms with Gasteiger partial charge in [0.1, 0.15) is 18.0 Å². The summed E-state index contributed by atoms with van der Waals surface area (Å²) < 4.78 is 29.6. The van der Waals surface area contributed by atoms with Crippen LogP contribution in [0.5, 0.6) is 0 Å². The van der Waals surface area contributed by atoms with E-state index in [-0.39, 0.29) is 30.6 Å². The fourth-order valence-corrected chi connectivity index (χ4v) is 5.30. The summed E-state index contributed by atoms with van der Waals surface area (Å²) in [5.41, 5.74) is 2.31. The van der Waals surface area contributed by atoms with Crippen molar-refractivity contribution in [3.8, 4) is 0 Å². The van der Waals surface area contributed by atoms with Gasteiger partial charge >= 0.3 is 0 Å². The topological polar surface area (TPSA) is 91.0 Å². The average molecular weight is 494 g/mol. The van der Waals surface area contributed by atoms with E-state index in [2.05, 4.69) is 27.7 Å². The maximum Gasteiger partial charge on any atom is 0.243 e. The van der Waals surface area contributed by atoms with Crippen molar-refractivity contribution in [3.63, 3.8) is 0 Å². The van der Waals surface area contributed by atoms with Crippen LogP contribution in [0.1, 0.15) is 61.0 Å². The van der Waals surface area contributed by atoms with Gasteiger partial charge < -0.3 is 10.2 Å². The second-order valence-corrected chi connectivity index (χ2v) is 10.0. The van der Waals surface area contributed by atoms with Crippen LogP contribution in [0.2, 0.25) is 0 Å². The lowest BCUT2D eigenvalue weighted by atomic mass is 9.66. The molecule has 36 heavy (non-hydrogen) atoms. The third-order valence-electron chi connectivity index (χ3n) is 7.52. The molecule has 9 heteroatoms. The first-order valence-electron chi connectivity index (χ1n) is 12.3. The molecule has 2 N–H and O–H groups in total. The molecule has 1 aromatic heterocycles. The number of alkyl halides is 1. The molecular formula is C27H29F2N5O2. The Morgan fingerprint density at radius 2 is 1.97 bits per heavy atom. The van der Waals surface area contributed by atoms with Gasteiger partial charge in [0.25, 0.3) is 0 Å². The quantitative estimate of drug-likeness (QED) is 0.524. The molecule has 0 radical (unpaired) electrons. The highest BCUT2D eigenvalue weighted by molar-refractivity contribution is 5.89. The molecule has 1 saturated carbocycles. The molecule has 1 aliphatic heterocycles. The van der Waals surface area contributed by atoms with Gasteiger partial charge in [-0.3, -0.25) is 9.59 Å². The second kappa shape index (κ2) is 9.79. The van der Waals surface area contributed by atoms with Crippen LogP contribution >= 0.6 is 0 Å². The van der Waals surface area contributed by atoms with Crippen LogP contribution in [0.25, 0.3) is 0 Å². The minimum absolute atomic E-state index is 0.0828. The minimum Gasteiger partial charge on any atom is -0.343 e. The van der Waals surface area contributed by atoms with Crippen molar-refractivity contribution in [3.05, 3.63) is 82.9 Å². The van der Waals surface area contributed by atoms with Crippen LogP contribution in [0.4, 0.5) is 8.78 Å². The SMILES string of the molecule is CC1(c2ccc([C@@H](NC(=O)[C@@H]3C[C@@H](F)CN3C(=O)Cc3cn[nH]n3)c3ccccc3)cc2F)CCC1. The summed E-state index contributed by atoms with van der Waals surface area (Å²) in [7, 11) is 0. The summed E-state index contributed by atoms with van der Waals surface area (Å²) in [6.07, 6.45) is 2.92. The number of nitrogens with zero attached hydrogens (tertiary/aromatic N) is 3. The molecule has 0 unspecified atom stereocenters. The first kappa shape index (κ1) is 24.1. The zero-order valence-corrected chi connectivity index (χ0v) is 20.1. The van der Waals surface area contributed by atoms with Crippen LogP contribution in [-0.2, 0) is 21.4 Å². The number of nitrogens with one attached hydrogen (secondary N) is 2. The Labute approximate surface area is 208 Å². The van der Waals surface area contributed by atoms with Crippen molar-refractivity contribution < 1.29 is 18.4 Å². The Balaban J connectivity index is 1.39. The number of hydrogen-bond donors (Lipinski definition) is 2. The Morgan fingerprint density at radius 3 is 2.61 bits per heavy atom. The third kappa shape index (κ3) is 4.74. The molecule has 1 aliphatic carbocycles. The normalized spacial score (nSPS) is 21.6. The molecule has 0 spiro atoms. The molecule has 5 rings (SSSR count). The van der Waals surface area contributed by atoms with Crippen LogP contribution in [0.3, 0.4) is 0 Å². The predicted molar refractivity (Wildman–Crippen MR) is 129 cm³/mol. The summed E-state index contributed by atoms with van der Waals surface area (Å²) >= 11 is 0. The van der Waals surface area contributed by atoms with E-state index in [1.54, 1.807) is 0 Å². The summed E-state index contributed by atoms with van der Waals surface area (Å²) in [6, 6.07) is 12.8. The Kier molecular flexibility index (Phi) is 6.55. The number of H-pyrrole nitrogens is 1. The van der Waals surface area contributed by atoms with Crippen LogP contribution in [0.15, 0.2) is 54.7 Å². The Hall–Kier alpha value is -3.62. The smallest absolute Gasteiger partial charge is 0.243 e. The molecule has 3 atom stereocenters. The van der Waals surface area contributed by atoms with Gasteiger partial charge in [-0.15, -0.1) is 0 Å². The maximum absolute atomic E-state index is 15.3. The van der Waals surface area contributed by atoms with Gasteiger partial charge in [0, 0.05) is 6.42 Å². The molecule has 188 valence electrons. The van der Waals surface area contributed by atoms with Crippen molar-refractivity contribution in [1.82, 2.24) is 25.6 Å². The van der Waals surface area contributed by atoms with Gasteiger partial charge in [-0.2, -0.15) is 15.4 Å². The lowest BCUT2D eigenvalue weighted by molar-refractivity contribution is -0.138. The number of carbonyl (C=O) groups is 2. The number of carbonyl (C=O) groups excluding carboxylic acids is 2. The molecule has 2 heterocycles. The van der Waals surface area contributed by atoms with E-state index in [4.69, 9.17) is 0 Å². The lowest BCUT2D eigenvalue weighted by Gasteiger charge is -2.39. The van der Waals surface area contributed by atoms with E-state index in [0.717, 1.165) is 24.8 Å². The van der Waals surface area contributed by atoms with Gasteiger partial charge in [-0.1, -0.05) is 55.8 Å². The lowest BCUT2D eigenvalue weighted by Crippen LogP contribution is -2.47. The van der Waals surface area contributed by atoms with E-state index in [9.17, 15) is 14.0 Å². The molecule has 2 amide bonds. The molecule has 2 fully saturated rings. The number of rotatable bonds is 7. The summed E-state index contributed by atoms with van der Waals surface area (Å²) in [4.78, 5) is 27.6. The minimum atomic E-state index is -1.31. The van der Waals surface area contributed by atoms with E-state index in [0.29, 0.717) is 16.8 Å². The summed E-state index contributed by atoms with van der Waals surface area (Å²) in [6.45, 7) is 1.91. The van der Waals surface area contributed by atoms with Crippen molar-refractivity contribution in [2.75, 3.05) is 6.54 Å². The highest BCUT2D eigenvalue weighted by Crippen LogP contribution is 2.44. The van der Waals surface area contributed by atoms with Crippen LogP contribution in [-0.4, -0.2) is 50.9 Å². The predicted octanol–water partition coefficient (Wildman–Crippen LogP) is 3.77. The third-order valence-corrected chi connectivity index (χ3v) is 7.52. The van der Waals surface area contributed by atoms with Crippen molar-refractivity contribution in [2.24, 2.45) is 0 Å². The zero-order chi connectivity index (χ0) is 25.3. The number of hydrogen-bond acceptors (Lipinski definition) is 4. The van der Waals surface area contributed by atoms with Crippen LogP contribution in [0, 0.1) is 5.82 Å². The van der Waals surface area contributed by atoms with Crippen molar-refractivity contribution in [2.45, 2.75) is 62.7 Å². The van der Waals surface area contributed by atoms with E-state index < -0.39 is 30.1 Å². The second-order valence-electron chi connectivity index (χ2n) is 10.0. The molecular weight excluding hydrogens is 464 g/mol. The molecule has 7 nitrogen and oxygen atoms in total. The van der Waals surface area contributed by atoms with Crippen molar-refractivity contribution in [1.29, 1.82) is 0 Å². The van der Waals surface area contributed by atoms with Gasteiger partial charge in [-0.25, -0.2) is 8.78 Å². The monoisotopic (exact) mass is 493 g/mol. The molecule has 2 aliphatic rings. The van der Waals surface area contributed by atoms with Crippen molar-refractivity contribution >= 4 is 11.8 Å². The largest absolute Gasteiger partial charge is 0.343 e. The number of halogens is 2. The van der Waals surface area contributed by atoms with Gasteiger partial charge in [0.2, 0.25) is 11.8 Å². The molecule has 2 aromatic carbocycles. The van der Waals surface area contributed by atoms with Crippen LogP contribution < -0.4 is 5.32 Å².